The summed E-state index contributed by atoms with van der Waals surface area (Å²) in [6, 6.07) is 20.4. The first-order chi connectivity index (χ1) is 16.7. The van der Waals surface area contributed by atoms with Gasteiger partial charge in [-0.3, -0.25) is 9.10 Å². The van der Waals surface area contributed by atoms with Gasteiger partial charge in [0.15, 0.2) is 11.5 Å². The van der Waals surface area contributed by atoms with Crippen LogP contribution in [0.2, 0.25) is 0 Å². The second kappa shape index (κ2) is 11.5. The van der Waals surface area contributed by atoms with Crippen molar-refractivity contribution in [3.05, 3.63) is 89.0 Å². The highest BCUT2D eigenvalue weighted by molar-refractivity contribution is 7.92. The highest BCUT2D eigenvalue weighted by atomic mass is 32.2. The average molecular weight is 496 g/mol. The number of rotatable bonds is 10. The van der Waals surface area contributed by atoms with Gasteiger partial charge in [-0.2, -0.15) is 5.10 Å². The van der Waals surface area contributed by atoms with Crippen molar-refractivity contribution in [2.45, 2.75) is 20.5 Å². The number of anilines is 1. The zero-order chi connectivity index (χ0) is 25.4. The number of ether oxygens (including phenoxy) is 2. The van der Waals surface area contributed by atoms with Crippen molar-refractivity contribution in [2.75, 3.05) is 24.2 Å². The normalized spacial score (nSPS) is 11.3. The standard InChI is InChI=1S/C26H29N3O5S/c1-19-12-20(2)14-23(13-19)29(35(4,31)32)17-26(30)28-27-16-22-10-11-24(25(15-22)33-3)34-18-21-8-6-5-7-9-21/h5-16H,17-18H2,1-4H3,(H,28,30)/b27-16-. The Balaban J connectivity index is 1.64. The fourth-order valence-electron chi connectivity index (χ4n) is 3.46. The molecular formula is C26H29N3O5S. The van der Waals surface area contributed by atoms with Gasteiger partial charge in [0.2, 0.25) is 10.0 Å². The number of methoxy groups -OCH3 is 1. The Morgan fingerprint density at radius 2 is 1.69 bits per heavy atom. The number of hydrogen-bond donors (Lipinski definition) is 1. The van der Waals surface area contributed by atoms with Gasteiger partial charge in [0, 0.05) is 0 Å². The minimum absolute atomic E-state index is 0.394. The summed E-state index contributed by atoms with van der Waals surface area (Å²) in [6.07, 6.45) is 2.51. The molecule has 0 aliphatic heterocycles. The summed E-state index contributed by atoms with van der Waals surface area (Å²) in [7, 11) is -2.13. The smallest absolute Gasteiger partial charge is 0.260 e. The molecule has 0 aliphatic carbocycles. The van der Waals surface area contributed by atoms with E-state index in [1.165, 1.54) is 6.21 Å². The molecular weight excluding hydrogens is 466 g/mol. The van der Waals surface area contributed by atoms with Gasteiger partial charge in [-0.1, -0.05) is 36.4 Å². The molecule has 35 heavy (non-hydrogen) atoms. The first kappa shape index (κ1) is 25.8. The Morgan fingerprint density at radius 1 is 1.00 bits per heavy atom. The molecule has 3 aromatic carbocycles. The van der Waals surface area contributed by atoms with Crippen molar-refractivity contribution in [2.24, 2.45) is 5.10 Å². The Labute approximate surface area is 206 Å². The van der Waals surface area contributed by atoms with E-state index in [1.54, 1.807) is 37.4 Å². The van der Waals surface area contributed by atoms with Crippen LogP contribution in [0, 0.1) is 13.8 Å². The molecule has 0 aromatic heterocycles. The van der Waals surface area contributed by atoms with Crippen molar-refractivity contribution in [3.8, 4) is 11.5 Å². The first-order valence-corrected chi connectivity index (χ1v) is 12.7. The monoisotopic (exact) mass is 495 g/mol. The van der Waals surface area contributed by atoms with Gasteiger partial charge in [-0.15, -0.1) is 0 Å². The molecule has 9 heteroatoms. The van der Waals surface area contributed by atoms with Gasteiger partial charge < -0.3 is 9.47 Å². The van der Waals surface area contributed by atoms with E-state index < -0.39 is 22.5 Å². The fraction of sp³-hybridized carbons (Fsp3) is 0.231. The van der Waals surface area contributed by atoms with Gasteiger partial charge in [0.05, 0.1) is 25.3 Å². The summed E-state index contributed by atoms with van der Waals surface area (Å²) >= 11 is 0. The van der Waals surface area contributed by atoms with Crippen LogP contribution < -0.4 is 19.2 Å². The van der Waals surface area contributed by atoms with Gasteiger partial charge in [0.25, 0.3) is 5.91 Å². The van der Waals surface area contributed by atoms with Crippen LogP contribution in [0.1, 0.15) is 22.3 Å². The molecule has 0 heterocycles. The third kappa shape index (κ3) is 7.58. The maximum absolute atomic E-state index is 12.5. The molecule has 0 spiro atoms. The Morgan fingerprint density at radius 3 is 2.31 bits per heavy atom. The molecule has 1 amide bonds. The minimum Gasteiger partial charge on any atom is -0.493 e. The van der Waals surface area contributed by atoms with E-state index in [2.05, 4.69) is 10.5 Å². The number of hydrazone groups is 1. The van der Waals surface area contributed by atoms with Gasteiger partial charge in [0.1, 0.15) is 13.2 Å². The minimum atomic E-state index is -3.67. The van der Waals surface area contributed by atoms with Gasteiger partial charge in [-0.05, 0) is 66.4 Å². The zero-order valence-corrected chi connectivity index (χ0v) is 21.0. The summed E-state index contributed by atoms with van der Waals surface area (Å²) < 4.78 is 36.9. The molecule has 0 fully saturated rings. The summed E-state index contributed by atoms with van der Waals surface area (Å²) in [6.45, 7) is 3.74. The van der Waals surface area contributed by atoms with E-state index in [-0.39, 0.29) is 0 Å². The molecule has 0 saturated carbocycles. The number of aryl methyl sites for hydroxylation is 2. The van der Waals surface area contributed by atoms with Crippen LogP contribution in [0.15, 0.2) is 71.8 Å². The molecule has 0 atom stereocenters. The van der Waals surface area contributed by atoms with Crippen molar-refractivity contribution in [1.29, 1.82) is 0 Å². The topological polar surface area (TPSA) is 97.3 Å². The van der Waals surface area contributed by atoms with E-state index in [0.29, 0.717) is 29.4 Å². The van der Waals surface area contributed by atoms with Crippen molar-refractivity contribution >= 4 is 27.8 Å². The van der Waals surface area contributed by atoms with Crippen LogP contribution >= 0.6 is 0 Å². The average Bonchev–Trinajstić information content (AvgIpc) is 2.81. The summed E-state index contributed by atoms with van der Waals surface area (Å²) in [5.41, 5.74) is 6.32. The van der Waals surface area contributed by atoms with E-state index in [4.69, 9.17) is 9.47 Å². The van der Waals surface area contributed by atoms with Crippen LogP contribution in [0.25, 0.3) is 0 Å². The SMILES string of the molecule is COc1cc(/C=N\NC(=O)CN(c2cc(C)cc(C)c2)S(C)(=O)=O)ccc1OCc1ccccc1. The fourth-order valence-corrected chi connectivity index (χ4v) is 4.30. The largest absolute Gasteiger partial charge is 0.493 e. The molecule has 0 aliphatic rings. The van der Waals surface area contributed by atoms with Crippen LogP contribution in [-0.4, -0.2) is 40.4 Å². The third-order valence-corrected chi connectivity index (χ3v) is 6.15. The lowest BCUT2D eigenvalue weighted by Gasteiger charge is -2.22. The highest BCUT2D eigenvalue weighted by Gasteiger charge is 2.21. The molecule has 0 radical (unpaired) electrons. The number of amides is 1. The summed E-state index contributed by atoms with van der Waals surface area (Å²) in [5.74, 6) is 0.532. The molecule has 0 unspecified atom stereocenters. The van der Waals surface area contributed by atoms with E-state index in [1.807, 2.05) is 50.2 Å². The van der Waals surface area contributed by atoms with E-state index >= 15 is 0 Å². The van der Waals surface area contributed by atoms with Gasteiger partial charge >= 0.3 is 0 Å². The van der Waals surface area contributed by atoms with Crippen molar-refractivity contribution < 1.29 is 22.7 Å². The number of carbonyl (C=O) groups is 1. The lowest BCUT2D eigenvalue weighted by atomic mass is 10.1. The van der Waals surface area contributed by atoms with Crippen LogP contribution in [-0.2, 0) is 21.4 Å². The third-order valence-electron chi connectivity index (χ3n) is 5.01. The summed E-state index contributed by atoms with van der Waals surface area (Å²) in [4.78, 5) is 12.5. The summed E-state index contributed by atoms with van der Waals surface area (Å²) in [5, 5.41) is 3.96. The number of carbonyl (C=O) groups excluding carboxylic acids is 1. The number of sulfonamides is 1. The Kier molecular flexibility index (Phi) is 8.48. The highest BCUT2D eigenvalue weighted by Crippen LogP contribution is 2.28. The zero-order valence-electron chi connectivity index (χ0n) is 20.2. The number of nitrogens with zero attached hydrogens (tertiary/aromatic N) is 2. The number of benzene rings is 3. The maximum Gasteiger partial charge on any atom is 0.260 e. The van der Waals surface area contributed by atoms with Crippen LogP contribution in [0.4, 0.5) is 5.69 Å². The maximum atomic E-state index is 12.5. The molecule has 0 bridgehead atoms. The first-order valence-electron chi connectivity index (χ1n) is 10.9. The Hall–Kier alpha value is -3.85. The second-order valence-electron chi connectivity index (χ2n) is 8.09. The predicted molar refractivity (Wildman–Crippen MR) is 138 cm³/mol. The quantitative estimate of drug-likeness (QED) is 0.341. The van der Waals surface area contributed by atoms with Crippen LogP contribution in [0.3, 0.4) is 0 Å². The van der Waals surface area contributed by atoms with E-state index in [0.717, 1.165) is 27.3 Å². The lowest BCUT2D eigenvalue weighted by Crippen LogP contribution is -2.39. The molecule has 184 valence electrons. The van der Waals surface area contributed by atoms with Crippen LogP contribution in [0.5, 0.6) is 11.5 Å². The number of nitrogens with one attached hydrogen (secondary N) is 1. The molecule has 0 saturated heterocycles. The van der Waals surface area contributed by atoms with E-state index in [9.17, 15) is 13.2 Å². The lowest BCUT2D eigenvalue weighted by molar-refractivity contribution is -0.119. The molecule has 3 aromatic rings. The Bertz CT molecular complexity index is 1290. The van der Waals surface area contributed by atoms with Crippen molar-refractivity contribution in [1.82, 2.24) is 5.43 Å². The number of hydrogen-bond acceptors (Lipinski definition) is 6. The van der Waals surface area contributed by atoms with Gasteiger partial charge in [-0.25, -0.2) is 13.8 Å². The predicted octanol–water partition coefficient (Wildman–Crippen LogP) is 3.81. The van der Waals surface area contributed by atoms with Crippen molar-refractivity contribution in [3.63, 3.8) is 0 Å². The molecule has 8 nitrogen and oxygen atoms in total. The molecule has 1 N–H and O–H groups in total. The molecule has 3 rings (SSSR count). The second-order valence-corrected chi connectivity index (χ2v) is 10.0.